The van der Waals surface area contributed by atoms with E-state index >= 15 is 0 Å². The molecule has 1 aromatic rings. The number of nitrogens with zero attached hydrogens (tertiary/aromatic N) is 2. The first-order chi connectivity index (χ1) is 8.83. The average molecular weight is 249 g/mol. The van der Waals surface area contributed by atoms with Crippen LogP contribution in [0.2, 0.25) is 0 Å². The van der Waals surface area contributed by atoms with E-state index in [4.69, 9.17) is 5.10 Å². The van der Waals surface area contributed by atoms with E-state index in [0.29, 0.717) is 6.04 Å². The zero-order chi connectivity index (χ0) is 12.8. The molecule has 1 aromatic heterocycles. The third-order valence-electron chi connectivity index (χ3n) is 4.05. The van der Waals surface area contributed by atoms with Crippen LogP contribution in [0.3, 0.4) is 0 Å². The molecule has 102 valence electrons. The summed E-state index contributed by atoms with van der Waals surface area (Å²) >= 11 is 0. The van der Waals surface area contributed by atoms with E-state index < -0.39 is 0 Å². The van der Waals surface area contributed by atoms with Crippen molar-refractivity contribution < 1.29 is 0 Å². The zero-order valence-electron chi connectivity index (χ0n) is 11.9. The summed E-state index contributed by atoms with van der Waals surface area (Å²) in [6.07, 6.45) is 11.2. The summed E-state index contributed by atoms with van der Waals surface area (Å²) in [7, 11) is 2.04. The van der Waals surface area contributed by atoms with Crippen molar-refractivity contribution >= 4 is 0 Å². The van der Waals surface area contributed by atoms with Crippen LogP contribution in [0.1, 0.15) is 57.2 Å². The Hall–Kier alpha value is -0.830. The summed E-state index contributed by atoms with van der Waals surface area (Å²) in [5, 5.41) is 8.09. The molecule has 18 heavy (non-hydrogen) atoms. The fourth-order valence-electron chi connectivity index (χ4n) is 3.13. The molecule has 3 heteroatoms. The zero-order valence-corrected chi connectivity index (χ0v) is 11.9. The molecule has 0 spiro atoms. The average Bonchev–Trinajstić information content (AvgIpc) is 2.98. The van der Waals surface area contributed by atoms with Crippen molar-refractivity contribution in [3.05, 3.63) is 18.0 Å². The smallest absolute Gasteiger partial charge is 0.0627 e. The monoisotopic (exact) mass is 249 g/mol. The van der Waals surface area contributed by atoms with Crippen molar-refractivity contribution in [1.29, 1.82) is 0 Å². The lowest BCUT2D eigenvalue weighted by Gasteiger charge is -2.14. The molecule has 2 rings (SSSR count). The van der Waals surface area contributed by atoms with E-state index in [1.807, 2.05) is 7.05 Å². The molecule has 1 heterocycles. The van der Waals surface area contributed by atoms with Gasteiger partial charge in [-0.2, -0.15) is 5.10 Å². The molecule has 0 saturated heterocycles. The van der Waals surface area contributed by atoms with Gasteiger partial charge >= 0.3 is 0 Å². The fraction of sp³-hybridized carbons (Fsp3) is 0.800. The molecule has 0 bridgehead atoms. The van der Waals surface area contributed by atoms with Crippen LogP contribution in [0.25, 0.3) is 0 Å². The van der Waals surface area contributed by atoms with Crippen LogP contribution < -0.4 is 5.32 Å². The Morgan fingerprint density at radius 1 is 1.44 bits per heavy atom. The van der Waals surface area contributed by atoms with Gasteiger partial charge < -0.3 is 5.32 Å². The topological polar surface area (TPSA) is 29.9 Å². The maximum Gasteiger partial charge on any atom is 0.0627 e. The predicted octanol–water partition coefficient (Wildman–Crippen LogP) is 3.18. The Labute approximate surface area is 111 Å². The second-order valence-electron chi connectivity index (χ2n) is 5.64. The maximum atomic E-state index is 4.79. The minimum Gasteiger partial charge on any atom is -0.319 e. The van der Waals surface area contributed by atoms with Gasteiger partial charge in [0.2, 0.25) is 0 Å². The first kappa shape index (κ1) is 13.6. The highest BCUT2D eigenvalue weighted by Gasteiger charge is 2.18. The van der Waals surface area contributed by atoms with Crippen LogP contribution in [-0.2, 0) is 6.42 Å². The highest BCUT2D eigenvalue weighted by molar-refractivity contribution is 5.01. The first-order valence-electron chi connectivity index (χ1n) is 7.52. The minimum absolute atomic E-state index is 0.674. The van der Waals surface area contributed by atoms with Crippen LogP contribution in [0.5, 0.6) is 0 Å². The van der Waals surface area contributed by atoms with Gasteiger partial charge in [0.15, 0.2) is 0 Å². The lowest BCUT2D eigenvalue weighted by molar-refractivity contribution is 0.433. The van der Waals surface area contributed by atoms with Crippen LogP contribution in [0.4, 0.5) is 0 Å². The number of hydrogen-bond donors (Lipinski definition) is 1. The Balaban J connectivity index is 1.91. The number of aromatic nitrogens is 2. The molecule has 0 amide bonds. The molecular formula is C15H27N3. The Bertz CT molecular complexity index is 333. The fourth-order valence-corrected chi connectivity index (χ4v) is 3.13. The van der Waals surface area contributed by atoms with E-state index in [0.717, 1.165) is 18.9 Å². The summed E-state index contributed by atoms with van der Waals surface area (Å²) in [6, 6.07) is 2.89. The maximum absolute atomic E-state index is 4.79. The van der Waals surface area contributed by atoms with Gasteiger partial charge in [0.05, 0.1) is 11.7 Å². The van der Waals surface area contributed by atoms with Crippen LogP contribution in [-0.4, -0.2) is 23.4 Å². The third-order valence-corrected chi connectivity index (χ3v) is 4.05. The van der Waals surface area contributed by atoms with Crippen molar-refractivity contribution in [2.75, 3.05) is 13.6 Å². The molecule has 1 saturated carbocycles. The van der Waals surface area contributed by atoms with E-state index in [1.54, 1.807) is 0 Å². The van der Waals surface area contributed by atoms with Crippen molar-refractivity contribution in [3.8, 4) is 0 Å². The van der Waals surface area contributed by atoms with Crippen molar-refractivity contribution in [2.24, 2.45) is 5.92 Å². The molecule has 1 fully saturated rings. The van der Waals surface area contributed by atoms with Crippen LogP contribution >= 0.6 is 0 Å². The van der Waals surface area contributed by atoms with Gasteiger partial charge in [-0.05, 0) is 51.3 Å². The van der Waals surface area contributed by atoms with Gasteiger partial charge in [-0.3, -0.25) is 4.68 Å². The first-order valence-corrected chi connectivity index (χ1v) is 7.52. The molecule has 0 aromatic carbocycles. The highest BCUT2D eigenvalue weighted by Crippen LogP contribution is 2.28. The second kappa shape index (κ2) is 6.93. The summed E-state index contributed by atoms with van der Waals surface area (Å²) in [5.41, 5.74) is 1.27. The lowest BCUT2D eigenvalue weighted by atomic mass is 9.98. The quantitative estimate of drug-likeness (QED) is 0.804. The van der Waals surface area contributed by atoms with Gasteiger partial charge in [0.25, 0.3) is 0 Å². The molecule has 1 N–H and O–H groups in total. The Morgan fingerprint density at radius 3 is 2.89 bits per heavy atom. The van der Waals surface area contributed by atoms with Gasteiger partial charge in [-0.1, -0.05) is 26.2 Å². The SMILES string of the molecule is CCCC(CNC)Cc1ccn(C2CCCC2)n1. The molecule has 0 aliphatic heterocycles. The predicted molar refractivity (Wildman–Crippen MR) is 75.8 cm³/mol. The summed E-state index contributed by atoms with van der Waals surface area (Å²) in [6.45, 7) is 3.36. The largest absolute Gasteiger partial charge is 0.319 e. The molecule has 1 atom stereocenters. The van der Waals surface area contributed by atoms with Gasteiger partial charge in [-0.25, -0.2) is 0 Å². The standard InChI is InChI=1S/C15H27N3/c1-3-6-13(12-16-2)11-14-9-10-18(17-14)15-7-4-5-8-15/h9-10,13,15-16H,3-8,11-12H2,1-2H3. The van der Waals surface area contributed by atoms with E-state index in [9.17, 15) is 0 Å². The van der Waals surface area contributed by atoms with Crippen molar-refractivity contribution in [2.45, 2.75) is 57.9 Å². The molecule has 1 aliphatic rings. The Kier molecular flexibility index (Phi) is 5.24. The third kappa shape index (κ3) is 3.58. The van der Waals surface area contributed by atoms with E-state index in [2.05, 4.69) is 29.2 Å². The van der Waals surface area contributed by atoms with Gasteiger partial charge in [0.1, 0.15) is 0 Å². The molecule has 3 nitrogen and oxygen atoms in total. The van der Waals surface area contributed by atoms with Gasteiger partial charge in [-0.15, -0.1) is 0 Å². The van der Waals surface area contributed by atoms with E-state index in [-0.39, 0.29) is 0 Å². The number of hydrogen-bond acceptors (Lipinski definition) is 2. The summed E-state index contributed by atoms with van der Waals surface area (Å²) in [4.78, 5) is 0. The van der Waals surface area contributed by atoms with Crippen molar-refractivity contribution in [3.63, 3.8) is 0 Å². The van der Waals surface area contributed by atoms with Crippen LogP contribution in [0.15, 0.2) is 12.3 Å². The number of nitrogens with one attached hydrogen (secondary N) is 1. The minimum atomic E-state index is 0.674. The van der Waals surface area contributed by atoms with Crippen LogP contribution in [0, 0.1) is 5.92 Å². The van der Waals surface area contributed by atoms with Gasteiger partial charge in [0, 0.05) is 6.20 Å². The van der Waals surface area contributed by atoms with Crippen molar-refractivity contribution in [1.82, 2.24) is 15.1 Å². The second-order valence-corrected chi connectivity index (χ2v) is 5.64. The Morgan fingerprint density at radius 2 is 2.22 bits per heavy atom. The molecule has 1 unspecified atom stereocenters. The molecule has 1 aliphatic carbocycles. The summed E-state index contributed by atoms with van der Waals surface area (Å²) < 4.78 is 2.21. The normalized spacial score (nSPS) is 18.3. The van der Waals surface area contributed by atoms with E-state index in [1.165, 1.54) is 44.2 Å². The number of rotatable bonds is 7. The highest BCUT2D eigenvalue weighted by atomic mass is 15.3. The summed E-state index contributed by atoms with van der Waals surface area (Å²) in [5.74, 6) is 0.729. The molecule has 0 radical (unpaired) electrons. The molecular weight excluding hydrogens is 222 g/mol. The lowest BCUT2D eigenvalue weighted by Crippen LogP contribution is -2.21.